The Balaban J connectivity index is 2.42. The normalized spacial score (nSPS) is 11.4. The van der Waals surface area contributed by atoms with E-state index in [1.54, 1.807) is 0 Å². The van der Waals surface area contributed by atoms with Crippen molar-refractivity contribution >= 4 is 5.71 Å². The van der Waals surface area contributed by atoms with Gasteiger partial charge in [0.1, 0.15) is 7.11 Å². The van der Waals surface area contributed by atoms with Gasteiger partial charge < -0.3 is 4.84 Å². The number of oxime groups is 1. The predicted molar refractivity (Wildman–Crippen MR) is 53.3 cm³/mol. The van der Waals surface area contributed by atoms with Gasteiger partial charge in [0.25, 0.3) is 0 Å². The molecule has 0 unspecified atom stereocenters. The van der Waals surface area contributed by atoms with Crippen molar-refractivity contribution < 1.29 is 4.84 Å². The van der Waals surface area contributed by atoms with E-state index in [1.807, 2.05) is 30.3 Å². The number of rotatable bonds is 3. The Labute approximate surface area is 86.0 Å². The van der Waals surface area contributed by atoms with Gasteiger partial charge in [-0.25, -0.2) is 0 Å². The number of aromatic amines is 1. The van der Waals surface area contributed by atoms with Crippen LogP contribution in [0.15, 0.2) is 35.5 Å². The minimum Gasteiger partial charge on any atom is -0.399 e. The molecule has 6 nitrogen and oxygen atoms in total. The van der Waals surface area contributed by atoms with Gasteiger partial charge in [0.2, 0.25) is 5.82 Å². The zero-order chi connectivity index (χ0) is 10.5. The molecule has 0 atom stereocenters. The highest BCUT2D eigenvalue weighted by atomic mass is 16.6. The van der Waals surface area contributed by atoms with Crippen LogP contribution in [0.5, 0.6) is 0 Å². The Hall–Kier alpha value is -2.24. The largest absolute Gasteiger partial charge is 0.399 e. The summed E-state index contributed by atoms with van der Waals surface area (Å²) in [7, 11) is 1.48. The molecule has 0 aliphatic heterocycles. The van der Waals surface area contributed by atoms with Gasteiger partial charge in [0.15, 0.2) is 5.71 Å². The van der Waals surface area contributed by atoms with Crippen LogP contribution in [0.1, 0.15) is 11.4 Å². The van der Waals surface area contributed by atoms with Gasteiger partial charge >= 0.3 is 0 Å². The number of hydrogen-bond acceptors (Lipinski definition) is 5. The van der Waals surface area contributed by atoms with Gasteiger partial charge in [-0.05, 0) is 5.21 Å². The number of H-pyrrole nitrogens is 1. The zero-order valence-corrected chi connectivity index (χ0v) is 8.08. The third kappa shape index (κ3) is 1.98. The second-order valence-corrected chi connectivity index (χ2v) is 2.72. The molecular formula is C9H9N5O. The third-order valence-electron chi connectivity index (χ3n) is 1.79. The lowest BCUT2D eigenvalue weighted by Crippen LogP contribution is -2.06. The fourth-order valence-electron chi connectivity index (χ4n) is 1.17. The summed E-state index contributed by atoms with van der Waals surface area (Å²) in [4.78, 5) is 4.75. The molecule has 1 heterocycles. The fourth-order valence-corrected chi connectivity index (χ4v) is 1.17. The van der Waals surface area contributed by atoms with Crippen molar-refractivity contribution in [2.45, 2.75) is 0 Å². The first-order valence-electron chi connectivity index (χ1n) is 4.32. The summed E-state index contributed by atoms with van der Waals surface area (Å²) in [6.45, 7) is 0. The highest BCUT2D eigenvalue weighted by Crippen LogP contribution is 2.05. The van der Waals surface area contributed by atoms with Gasteiger partial charge in [-0.3, -0.25) is 0 Å². The van der Waals surface area contributed by atoms with Crippen molar-refractivity contribution in [2.75, 3.05) is 7.11 Å². The molecule has 76 valence electrons. The number of benzene rings is 1. The van der Waals surface area contributed by atoms with Gasteiger partial charge in [0, 0.05) is 5.56 Å². The lowest BCUT2D eigenvalue weighted by atomic mass is 10.1. The smallest absolute Gasteiger partial charge is 0.226 e. The van der Waals surface area contributed by atoms with Gasteiger partial charge in [-0.2, -0.15) is 5.21 Å². The highest BCUT2D eigenvalue weighted by molar-refractivity contribution is 6.10. The molecule has 0 amide bonds. The van der Waals surface area contributed by atoms with E-state index in [0.29, 0.717) is 11.5 Å². The van der Waals surface area contributed by atoms with Crippen molar-refractivity contribution in [2.24, 2.45) is 5.16 Å². The van der Waals surface area contributed by atoms with E-state index < -0.39 is 0 Å². The monoisotopic (exact) mass is 203 g/mol. The lowest BCUT2D eigenvalue weighted by Gasteiger charge is -1.99. The summed E-state index contributed by atoms with van der Waals surface area (Å²) in [6.07, 6.45) is 0. The Kier molecular flexibility index (Phi) is 2.68. The maximum Gasteiger partial charge on any atom is 0.226 e. The molecule has 0 aliphatic rings. The molecule has 1 aromatic carbocycles. The second kappa shape index (κ2) is 4.32. The van der Waals surface area contributed by atoms with Crippen molar-refractivity contribution in [1.82, 2.24) is 20.6 Å². The third-order valence-corrected chi connectivity index (χ3v) is 1.79. The van der Waals surface area contributed by atoms with Crippen LogP contribution < -0.4 is 0 Å². The van der Waals surface area contributed by atoms with E-state index >= 15 is 0 Å². The number of nitrogens with one attached hydrogen (secondary N) is 1. The summed E-state index contributed by atoms with van der Waals surface area (Å²) in [6, 6.07) is 9.52. The molecule has 0 spiro atoms. The van der Waals surface area contributed by atoms with E-state index in [1.165, 1.54) is 7.11 Å². The SMILES string of the molecule is CON=C(c1ccccc1)c1nn[nH]n1. The molecule has 0 saturated heterocycles. The van der Waals surface area contributed by atoms with Crippen molar-refractivity contribution in [3.8, 4) is 0 Å². The summed E-state index contributed by atoms with van der Waals surface area (Å²) in [5.74, 6) is 0.406. The fraction of sp³-hybridized carbons (Fsp3) is 0.111. The Morgan fingerprint density at radius 1 is 1.33 bits per heavy atom. The van der Waals surface area contributed by atoms with Crippen LogP contribution in [0.3, 0.4) is 0 Å². The maximum absolute atomic E-state index is 4.75. The maximum atomic E-state index is 4.75. The summed E-state index contributed by atoms with van der Waals surface area (Å²) in [5, 5.41) is 17.4. The summed E-state index contributed by atoms with van der Waals surface area (Å²) in [5.41, 5.74) is 1.42. The van der Waals surface area contributed by atoms with E-state index in [2.05, 4.69) is 25.8 Å². The minimum atomic E-state index is 0.406. The average Bonchev–Trinajstić information content (AvgIpc) is 2.80. The quantitative estimate of drug-likeness (QED) is 0.585. The van der Waals surface area contributed by atoms with E-state index in [9.17, 15) is 0 Å². The predicted octanol–water partition coefficient (Wildman–Crippen LogP) is 0.599. The van der Waals surface area contributed by atoms with Crippen molar-refractivity contribution in [1.29, 1.82) is 0 Å². The standard InChI is InChI=1S/C9H9N5O/c1-15-12-8(9-10-13-14-11-9)7-5-3-2-4-6-7/h2-6H,1H3,(H,10,11,13,14). The molecular weight excluding hydrogens is 194 g/mol. The zero-order valence-electron chi connectivity index (χ0n) is 8.08. The summed E-state index contributed by atoms with van der Waals surface area (Å²) < 4.78 is 0. The van der Waals surface area contributed by atoms with Gasteiger partial charge in [-0.15, -0.1) is 10.2 Å². The van der Waals surface area contributed by atoms with Gasteiger partial charge in [0.05, 0.1) is 0 Å². The molecule has 15 heavy (non-hydrogen) atoms. The van der Waals surface area contributed by atoms with Crippen molar-refractivity contribution in [3.05, 3.63) is 41.7 Å². The molecule has 2 aromatic rings. The second-order valence-electron chi connectivity index (χ2n) is 2.72. The first-order valence-corrected chi connectivity index (χ1v) is 4.32. The van der Waals surface area contributed by atoms with Crippen molar-refractivity contribution in [3.63, 3.8) is 0 Å². The van der Waals surface area contributed by atoms with Crippen LogP contribution in [0, 0.1) is 0 Å². The number of hydrogen-bond donors (Lipinski definition) is 1. The van der Waals surface area contributed by atoms with Crippen LogP contribution >= 0.6 is 0 Å². The van der Waals surface area contributed by atoms with Crippen LogP contribution in [0.25, 0.3) is 0 Å². The van der Waals surface area contributed by atoms with E-state index in [4.69, 9.17) is 4.84 Å². The molecule has 0 aliphatic carbocycles. The minimum absolute atomic E-state index is 0.406. The average molecular weight is 203 g/mol. The molecule has 0 radical (unpaired) electrons. The number of nitrogens with zero attached hydrogens (tertiary/aromatic N) is 4. The molecule has 1 N–H and O–H groups in total. The summed E-state index contributed by atoms with van der Waals surface area (Å²) >= 11 is 0. The highest BCUT2D eigenvalue weighted by Gasteiger charge is 2.11. The topological polar surface area (TPSA) is 76.1 Å². The molecule has 0 bridgehead atoms. The first kappa shape index (κ1) is 9.32. The molecule has 1 aromatic heterocycles. The Morgan fingerprint density at radius 3 is 2.73 bits per heavy atom. The molecule has 0 saturated carbocycles. The van der Waals surface area contributed by atoms with Crippen LogP contribution in [-0.4, -0.2) is 33.4 Å². The number of aromatic nitrogens is 4. The van der Waals surface area contributed by atoms with Crippen LogP contribution in [0.4, 0.5) is 0 Å². The molecule has 6 heteroatoms. The lowest BCUT2D eigenvalue weighted by molar-refractivity contribution is 0.213. The van der Waals surface area contributed by atoms with Crippen LogP contribution in [-0.2, 0) is 4.84 Å². The Bertz CT molecular complexity index is 437. The van der Waals surface area contributed by atoms with Crippen LogP contribution in [0.2, 0.25) is 0 Å². The Morgan fingerprint density at radius 2 is 2.13 bits per heavy atom. The molecule has 2 rings (SSSR count). The van der Waals surface area contributed by atoms with Gasteiger partial charge in [-0.1, -0.05) is 35.5 Å². The molecule has 0 fully saturated rings. The van der Waals surface area contributed by atoms with E-state index in [-0.39, 0.29) is 0 Å². The van der Waals surface area contributed by atoms with E-state index in [0.717, 1.165) is 5.56 Å². The number of tetrazole rings is 1. The first-order chi connectivity index (χ1) is 7.42.